The number of hydrogen-bond acceptors (Lipinski definition) is 4. The van der Waals surface area contributed by atoms with Gasteiger partial charge in [-0.15, -0.1) is 0 Å². The van der Waals surface area contributed by atoms with E-state index in [0.717, 1.165) is 38.9 Å². The Hall–Kier alpha value is -1.44. The summed E-state index contributed by atoms with van der Waals surface area (Å²) in [6, 6.07) is 10.4. The summed E-state index contributed by atoms with van der Waals surface area (Å²) in [6.45, 7) is 3.76. The van der Waals surface area contributed by atoms with E-state index in [-0.39, 0.29) is 18.2 Å². The molecule has 0 aromatic heterocycles. The third-order valence-corrected chi connectivity index (χ3v) is 7.79. The first-order chi connectivity index (χ1) is 13.5. The highest BCUT2D eigenvalue weighted by molar-refractivity contribution is 7.89. The summed E-state index contributed by atoms with van der Waals surface area (Å²) in [4.78, 5) is 14.3. The number of hydrogen-bond donors (Lipinski definition) is 1. The number of amides is 1. The molecule has 1 amide bonds. The maximum absolute atomic E-state index is 12.6. The van der Waals surface area contributed by atoms with Crippen LogP contribution in [0.3, 0.4) is 0 Å². The summed E-state index contributed by atoms with van der Waals surface area (Å²) in [5, 5.41) is 2.80. The SMILES string of the molecule is O=C(CC1CCCC1)NCCS(=O)(=O)N1CCN(CCc2ccccc2)CC1. The number of nitrogens with zero attached hydrogens (tertiary/aromatic N) is 2. The Kier molecular flexibility index (Phi) is 7.88. The quantitative estimate of drug-likeness (QED) is 0.679. The number of piperazine rings is 1. The first-order valence-electron chi connectivity index (χ1n) is 10.5. The van der Waals surface area contributed by atoms with E-state index in [1.165, 1.54) is 18.4 Å². The van der Waals surface area contributed by atoms with E-state index in [4.69, 9.17) is 0 Å². The molecule has 0 unspecified atom stereocenters. The van der Waals surface area contributed by atoms with E-state index in [0.29, 0.717) is 25.4 Å². The van der Waals surface area contributed by atoms with Crippen molar-refractivity contribution in [1.82, 2.24) is 14.5 Å². The van der Waals surface area contributed by atoms with Gasteiger partial charge in [0.15, 0.2) is 0 Å². The minimum Gasteiger partial charge on any atom is -0.355 e. The molecule has 0 radical (unpaired) electrons. The molecule has 1 aliphatic carbocycles. The summed E-state index contributed by atoms with van der Waals surface area (Å²) in [5.41, 5.74) is 1.31. The number of carbonyl (C=O) groups excluding carboxylic acids is 1. The van der Waals surface area contributed by atoms with Crippen LogP contribution in [0, 0.1) is 5.92 Å². The first-order valence-corrected chi connectivity index (χ1v) is 12.1. The molecule has 1 aliphatic heterocycles. The van der Waals surface area contributed by atoms with Crippen molar-refractivity contribution >= 4 is 15.9 Å². The van der Waals surface area contributed by atoms with Crippen LogP contribution >= 0.6 is 0 Å². The maximum Gasteiger partial charge on any atom is 0.220 e. The lowest BCUT2D eigenvalue weighted by Gasteiger charge is -2.34. The zero-order valence-electron chi connectivity index (χ0n) is 16.7. The van der Waals surface area contributed by atoms with Crippen molar-refractivity contribution in [2.24, 2.45) is 5.92 Å². The highest BCUT2D eigenvalue weighted by Gasteiger charge is 2.26. The smallest absolute Gasteiger partial charge is 0.220 e. The van der Waals surface area contributed by atoms with Gasteiger partial charge in [-0.25, -0.2) is 8.42 Å². The lowest BCUT2D eigenvalue weighted by Crippen LogP contribution is -2.50. The van der Waals surface area contributed by atoms with Crippen LogP contribution in [-0.4, -0.2) is 68.6 Å². The molecule has 0 bridgehead atoms. The Labute approximate surface area is 169 Å². The highest BCUT2D eigenvalue weighted by atomic mass is 32.2. The molecule has 7 heteroatoms. The largest absolute Gasteiger partial charge is 0.355 e. The Morgan fingerprint density at radius 1 is 1.04 bits per heavy atom. The van der Waals surface area contributed by atoms with E-state index in [2.05, 4.69) is 22.3 Å². The second kappa shape index (κ2) is 10.4. The molecule has 156 valence electrons. The van der Waals surface area contributed by atoms with Gasteiger partial charge in [0.05, 0.1) is 5.75 Å². The Morgan fingerprint density at radius 2 is 1.71 bits per heavy atom. The lowest BCUT2D eigenvalue weighted by atomic mass is 10.0. The van der Waals surface area contributed by atoms with Crippen molar-refractivity contribution < 1.29 is 13.2 Å². The lowest BCUT2D eigenvalue weighted by molar-refractivity contribution is -0.121. The average molecular weight is 408 g/mol. The Balaban J connectivity index is 1.33. The number of benzene rings is 1. The molecule has 1 aromatic carbocycles. The molecule has 28 heavy (non-hydrogen) atoms. The van der Waals surface area contributed by atoms with Crippen LogP contribution in [0.25, 0.3) is 0 Å². The predicted molar refractivity (Wildman–Crippen MR) is 112 cm³/mol. The van der Waals surface area contributed by atoms with Crippen molar-refractivity contribution in [2.75, 3.05) is 45.0 Å². The fourth-order valence-electron chi connectivity index (χ4n) is 4.16. The average Bonchev–Trinajstić information content (AvgIpc) is 3.20. The normalized spacial score (nSPS) is 19.7. The number of carbonyl (C=O) groups is 1. The second-order valence-corrected chi connectivity index (χ2v) is 10.1. The van der Waals surface area contributed by atoms with Crippen LogP contribution in [-0.2, 0) is 21.2 Å². The van der Waals surface area contributed by atoms with Gasteiger partial charge in [0.2, 0.25) is 15.9 Å². The van der Waals surface area contributed by atoms with Gasteiger partial charge in [-0.1, -0.05) is 43.2 Å². The van der Waals surface area contributed by atoms with Gasteiger partial charge in [-0.2, -0.15) is 4.31 Å². The molecule has 6 nitrogen and oxygen atoms in total. The first kappa shape index (κ1) is 21.3. The van der Waals surface area contributed by atoms with E-state index in [1.807, 2.05) is 18.2 Å². The zero-order chi connectivity index (χ0) is 19.8. The van der Waals surface area contributed by atoms with Gasteiger partial charge in [0.25, 0.3) is 0 Å². The van der Waals surface area contributed by atoms with Crippen LogP contribution in [0.1, 0.15) is 37.7 Å². The van der Waals surface area contributed by atoms with Gasteiger partial charge in [0, 0.05) is 45.7 Å². The van der Waals surface area contributed by atoms with Gasteiger partial charge in [0.1, 0.15) is 0 Å². The molecule has 1 N–H and O–H groups in total. The van der Waals surface area contributed by atoms with Gasteiger partial charge < -0.3 is 10.2 Å². The van der Waals surface area contributed by atoms with E-state index in [9.17, 15) is 13.2 Å². The minimum absolute atomic E-state index is 0.00653. The summed E-state index contributed by atoms with van der Waals surface area (Å²) >= 11 is 0. The third kappa shape index (κ3) is 6.57. The second-order valence-electron chi connectivity index (χ2n) is 8.00. The maximum atomic E-state index is 12.6. The van der Waals surface area contributed by atoms with Crippen LogP contribution in [0.2, 0.25) is 0 Å². The molecule has 0 atom stereocenters. The van der Waals surface area contributed by atoms with Crippen LogP contribution in [0.15, 0.2) is 30.3 Å². The van der Waals surface area contributed by atoms with Gasteiger partial charge in [-0.05, 0) is 30.7 Å². The van der Waals surface area contributed by atoms with Crippen molar-refractivity contribution in [1.29, 1.82) is 0 Å². The van der Waals surface area contributed by atoms with Crippen LogP contribution < -0.4 is 5.32 Å². The molecular formula is C21H33N3O3S. The van der Waals surface area contributed by atoms with Gasteiger partial charge in [-0.3, -0.25) is 4.79 Å². The summed E-state index contributed by atoms with van der Waals surface area (Å²) in [5.74, 6) is 0.473. The van der Waals surface area contributed by atoms with Crippen molar-refractivity contribution in [3.05, 3.63) is 35.9 Å². The number of rotatable bonds is 9. The summed E-state index contributed by atoms with van der Waals surface area (Å²) in [6.07, 6.45) is 6.20. The Morgan fingerprint density at radius 3 is 2.39 bits per heavy atom. The van der Waals surface area contributed by atoms with Crippen LogP contribution in [0.5, 0.6) is 0 Å². The molecular weight excluding hydrogens is 374 g/mol. The van der Waals surface area contributed by atoms with E-state index in [1.54, 1.807) is 4.31 Å². The molecule has 1 heterocycles. The van der Waals surface area contributed by atoms with E-state index < -0.39 is 10.0 Å². The fraction of sp³-hybridized carbons (Fsp3) is 0.667. The molecule has 2 aliphatic rings. The molecule has 1 aromatic rings. The topological polar surface area (TPSA) is 69.7 Å². The fourth-order valence-corrected chi connectivity index (χ4v) is 5.50. The third-order valence-electron chi connectivity index (χ3n) is 5.92. The summed E-state index contributed by atoms with van der Waals surface area (Å²) in [7, 11) is -3.30. The molecule has 1 saturated carbocycles. The van der Waals surface area contributed by atoms with E-state index >= 15 is 0 Å². The van der Waals surface area contributed by atoms with Crippen LogP contribution in [0.4, 0.5) is 0 Å². The molecule has 1 saturated heterocycles. The Bertz CT molecular complexity index is 710. The standard InChI is InChI=1S/C21H33N3O3S/c25-21(18-20-8-4-5-9-20)22-11-17-28(26,27)24-15-13-23(14-16-24)12-10-19-6-2-1-3-7-19/h1-3,6-7,20H,4-5,8-18H2,(H,22,25). The molecule has 0 spiro atoms. The minimum atomic E-state index is -3.30. The van der Waals surface area contributed by atoms with Gasteiger partial charge >= 0.3 is 0 Å². The summed E-state index contributed by atoms with van der Waals surface area (Å²) < 4.78 is 26.7. The van der Waals surface area contributed by atoms with Crippen molar-refractivity contribution in [3.63, 3.8) is 0 Å². The van der Waals surface area contributed by atoms with Crippen molar-refractivity contribution in [3.8, 4) is 0 Å². The molecule has 2 fully saturated rings. The number of nitrogens with one attached hydrogen (secondary N) is 1. The van der Waals surface area contributed by atoms with Crippen molar-refractivity contribution in [2.45, 2.75) is 38.5 Å². The molecule has 3 rings (SSSR count). The monoisotopic (exact) mass is 407 g/mol. The zero-order valence-corrected chi connectivity index (χ0v) is 17.5. The predicted octanol–water partition coefficient (Wildman–Crippen LogP) is 1.87. The number of sulfonamides is 1. The highest BCUT2D eigenvalue weighted by Crippen LogP contribution is 2.27.